The molecule has 0 aromatic rings. The molecule has 0 aliphatic rings. The third-order valence-electron chi connectivity index (χ3n) is 7.25. The van der Waals surface area contributed by atoms with E-state index in [9.17, 15) is 19.8 Å². The monoisotopic (exact) mass is 576 g/mol. The van der Waals surface area contributed by atoms with E-state index in [2.05, 4.69) is 0 Å². The Morgan fingerprint density at radius 3 is 0.850 bits per heavy atom. The molecule has 8 heteroatoms. The smallest absolute Gasteiger partial charge is 0.303 e. The Balaban J connectivity index is 0. The summed E-state index contributed by atoms with van der Waals surface area (Å²) < 4.78 is 0. The molecule has 0 rings (SSSR count). The summed E-state index contributed by atoms with van der Waals surface area (Å²) in [6.07, 6.45) is 24.4. The van der Waals surface area contributed by atoms with Gasteiger partial charge in [-0.3, -0.25) is 9.59 Å². The van der Waals surface area contributed by atoms with Gasteiger partial charge in [-0.25, -0.2) is 0 Å². The van der Waals surface area contributed by atoms with E-state index in [0.29, 0.717) is 0 Å². The van der Waals surface area contributed by atoms with Crippen LogP contribution in [0.4, 0.5) is 0 Å². The van der Waals surface area contributed by atoms with Crippen LogP contribution in [0.5, 0.6) is 0 Å². The number of aliphatic hydroxyl groups excluding tert-OH is 4. The average Bonchev–Trinajstić information content (AvgIpc) is 2.91. The highest BCUT2D eigenvalue weighted by Gasteiger charge is 2.05. The second-order valence-electron chi connectivity index (χ2n) is 11.3. The van der Waals surface area contributed by atoms with E-state index in [0.717, 1.165) is 154 Å². The Hall–Kier alpha value is -1.22. The van der Waals surface area contributed by atoms with Crippen LogP contribution in [-0.2, 0) is 9.59 Å². The first-order chi connectivity index (χ1) is 19.3. The van der Waals surface area contributed by atoms with Crippen LogP contribution in [0.15, 0.2) is 0 Å². The summed E-state index contributed by atoms with van der Waals surface area (Å²) in [6.45, 7) is 0.546. The van der Waals surface area contributed by atoms with Gasteiger partial charge in [0.25, 0.3) is 0 Å². The molecule has 0 spiro atoms. The first kappa shape index (κ1) is 40.9. The third-order valence-corrected chi connectivity index (χ3v) is 7.25. The Labute approximate surface area is 244 Å². The standard InChI is InChI=1S/2C16H32O4/c2*17-14-10-6-5-8-12-15(18)11-7-3-1-2-4-9-13-16(19)20/h2*15,17-18H,1-14H2,(H,19,20)/t15-;/m0./s1. The molecule has 0 aromatic carbocycles. The van der Waals surface area contributed by atoms with Gasteiger partial charge in [0.1, 0.15) is 0 Å². The van der Waals surface area contributed by atoms with Crippen LogP contribution in [0.25, 0.3) is 0 Å². The number of aliphatic carboxylic acids is 2. The lowest BCUT2D eigenvalue weighted by Gasteiger charge is -2.10. The lowest BCUT2D eigenvalue weighted by molar-refractivity contribution is -0.138. The van der Waals surface area contributed by atoms with Crippen molar-refractivity contribution in [3.05, 3.63) is 0 Å². The molecule has 0 fully saturated rings. The van der Waals surface area contributed by atoms with E-state index in [1.165, 1.54) is 0 Å². The van der Waals surface area contributed by atoms with Crippen LogP contribution in [0.2, 0.25) is 0 Å². The Kier molecular flexibility index (Phi) is 34.8. The fourth-order valence-corrected chi connectivity index (χ4v) is 4.71. The second-order valence-corrected chi connectivity index (χ2v) is 11.3. The normalized spacial score (nSPS) is 12.5. The molecule has 0 radical (unpaired) electrons. The average molecular weight is 577 g/mol. The van der Waals surface area contributed by atoms with Gasteiger partial charge >= 0.3 is 11.9 Å². The molecule has 0 aliphatic heterocycles. The summed E-state index contributed by atoms with van der Waals surface area (Å²) in [7, 11) is 0. The van der Waals surface area contributed by atoms with Crippen molar-refractivity contribution < 1.29 is 40.2 Å². The van der Waals surface area contributed by atoms with Crippen LogP contribution < -0.4 is 0 Å². The molecule has 0 amide bonds. The molecule has 0 saturated heterocycles. The summed E-state index contributed by atoms with van der Waals surface area (Å²) >= 11 is 0. The van der Waals surface area contributed by atoms with Gasteiger partial charge in [-0.2, -0.15) is 0 Å². The number of carboxylic acid groups (broad SMARTS) is 2. The SMILES string of the molecule is O=C(O)CCCCCCCCC(O)CCCCCCO.O=C(O)CCCCCCCC[C@H](O)CCCCCCO. The zero-order valence-electron chi connectivity index (χ0n) is 25.5. The topological polar surface area (TPSA) is 156 Å². The first-order valence-corrected chi connectivity index (χ1v) is 16.3. The summed E-state index contributed by atoms with van der Waals surface area (Å²) in [5.74, 6) is -1.40. The molecule has 8 nitrogen and oxygen atoms in total. The highest BCUT2D eigenvalue weighted by Crippen LogP contribution is 2.15. The zero-order valence-corrected chi connectivity index (χ0v) is 25.5. The first-order valence-electron chi connectivity index (χ1n) is 16.3. The largest absolute Gasteiger partial charge is 0.481 e. The lowest BCUT2D eigenvalue weighted by atomic mass is 10.0. The Morgan fingerprint density at radius 2 is 0.600 bits per heavy atom. The minimum atomic E-state index is -0.702. The van der Waals surface area contributed by atoms with Crippen molar-refractivity contribution >= 4 is 11.9 Å². The van der Waals surface area contributed by atoms with Gasteiger partial charge in [0.2, 0.25) is 0 Å². The molecule has 0 aliphatic carbocycles. The van der Waals surface area contributed by atoms with Gasteiger partial charge < -0.3 is 30.6 Å². The molecule has 0 saturated carbocycles. The van der Waals surface area contributed by atoms with Crippen molar-refractivity contribution in [2.45, 2.75) is 179 Å². The Morgan fingerprint density at radius 1 is 0.375 bits per heavy atom. The van der Waals surface area contributed by atoms with Crippen molar-refractivity contribution in [2.24, 2.45) is 0 Å². The van der Waals surface area contributed by atoms with Crippen LogP contribution >= 0.6 is 0 Å². The molecular weight excluding hydrogens is 512 g/mol. The maximum absolute atomic E-state index is 10.3. The van der Waals surface area contributed by atoms with Gasteiger partial charge in [-0.05, 0) is 51.4 Å². The quantitative estimate of drug-likeness (QED) is 0.0500. The van der Waals surface area contributed by atoms with Gasteiger partial charge in [-0.15, -0.1) is 0 Å². The van der Waals surface area contributed by atoms with Crippen LogP contribution in [0, 0.1) is 0 Å². The highest BCUT2D eigenvalue weighted by atomic mass is 16.4. The molecule has 0 heterocycles. The Bertz CT molecular complexity index is 483. The van der Waals surface area contributed by atoms with Crippen molar-refractivity contribution in [3.8, 4) is 0 Å². The maximum atomic E-state index is 10.3. The summed E-state index contributed by atoms with van der Waals surface area (Å²) in [4.78, 5) is 20.6. The zero-order chi connectivity index (χ0) is 30.1. The third kappa shape index (κ3) is 38.9. The fourth-order valence-electron chi connectivity index (χ4n) is 4.71. The van der Waals surface area contributed by atoms with Gasteiger partial charge in [0.05, 0.1) is 12.2 Å². The van der Waals surface area contributed by atoms with E-state index in [1.807, 2.05) is 0 Å². The number of hydrogen-bond donors (Lipinski definition) is 6. The van der Waals surface area contributed by atoms with E-state index in [1.54, 1.807) is 0 Å². The molecule has 6 N–H and O–H groups in total. The predicted molar refractivity (Wildman–Crippen MR) is 161 cm³/mol. The van der Waals surface area contributed by atoms with Crippen LogP contribution in [0.1, 0.15) is 167 Å². The van der Waals surface area contributed by atoms with Crippen molar-refractivity contribution in [1.82, 2.24) is 0 Å². The van der Waals surface area contributed by atoms with Crippen molar-refractivity contribution in [1.29, 1.82) is 0 Å². The number of hydrogen-bond acceptors (Lipinski definition) is 6. The number of unbranched alkanes of at least 4 members (excludes halogenated alkanes) is 16. The second kappa shape index (κ2) is 34.0. The van der Waals surface area contributed by atoms with Crippen molar-refractivity contribution in [2.75, 3.05) is 13.2 Å². The van der Waals surface area contributed by atoms with Gasteiger partial charge in [0, 0.05) is 26.1 Å². The summed E-state index contributed by atoms with van der Waals surface area (Å²) in [5, 5.41) is 53.9. The molecule has 1 unspecified atom stereocenters. The fraction of sp³-hybridized carbons (Fsp3) is 0.938. The van der Waals surface area contributed by atoms with Gasteiger partial charge in [-0.1, -0.05) is 103 Å². The van der Waals surface area contributed by atoms with Crippen LogP contribution in [-0.4, -0.2) is 68.0 Å². The van der Waals surface area contributed by atoms with E-state index >= 15 is 0 Å². The number of aliphatic hydroxyl groups is 4. The highest BCUT2D eigenvalue weighted by molar-refractivity contribution is 5.66. The summed E-state index contributed by atoms with van der Waals surface area (Å²) in [5.41, 5.74) is 0. The van der Waals surface area contributed by atoms with Crippen molar-refractivity contribution in [3.63, 3.8) is 0 Å². The minimum Gasteiger partial charge on any atom is -0.481 e. The lowest BCUT2D eigenvalue weighted by Crippen LogP contribution is -2.06. The van der Waals surface area contributed by atoms with Crippen LogP contribution in [0.3, 0.4) is 0 Å². The molecule has 2 atom stereocenters. The predicted octanol–water partition coefficient (Wildman–Crippen LogP) is 6.99. The molecule has 0 aromatic heterocycles. The molecule has 240 valence electrons. The number of rotatable bonds is 30. The van der Waals surface area contributed by atoms with E-state index < -0.39 is 11.9 Å². The molecular formula is C32H64O8. The van der Waals surface area contributed by atoms with E-state index in [-0.39, 0.29) is 38.3 Å². The number of carboxylic acids is 2. The minimum absolute atomic E-state index is 0.170. The molecule has 40 heavy (non-hydrogen) atoms. The van der Waals surface area contributed by atoms with Gasteiger partial charge in [0.15, 0.2) is 0 Å². The number of carbonyl (C=O) groups is 2. The maximum Gasteiger partial charge on any atom is 0.303 e. The molecule has 0 bridgehead atoms. The summed E-state index contributed by atoms with van der Waals surface area (Å²) in [6, 6.07) is 0. The van der Waals surface area contributed by atoms with E-state index in [4.69, 9.17) is 20.4 Å².